The molecule has 0 amide bonds. The molecule has 4 nitrogen and oxygen atoms in total. The number of carbonyl (C=O) groups is 1. The molecule has 0 saturated heterocycles. The maximum atomic E-state index is 10.5. The van der Waals surface area contributed by atoms with Gasteiger partial charge in [0.2, 0.25) is 0 Å². The number of hydrogen-bond acceptors (Lipinski definition) is 3. The lowest BCUT2D eigenvalue weighted by molar-refractivity contribution is -0.136. The summed E-state index contributed by atoms with van der Waals surface area (Å²) in [7, 11) is 0. The largest absolute Gasteiger partial charge is 0.481 e. The normalized spacial score (nSPS) is 10.6. The number of aromatic nitrogens is 1. The van der Waals surface area contributed by atoms with E-state index < -0.39 is 5.97 Å². The van der Waals surface area contributed by atoms with Crippen LogP contribution in [0, 0.1) is 6.92 Å². The Labute approximate surface area is 80.1 Å². The molecule has 1 N–H and O–H groups in total. The SMILES string of the molecule is Cc1onc2cc(CC(=O)O)ccc12. The van der Waals surface area contributed by atoms with E-state index in [-0.39, 0.29) is 6.42 Å². The lowest BCUT2D eigenvalue weighted by atomic mass is 10.1. The van der Waals surface area contributed by atoms with Crippen LogP contribution in [-0.4, -0.2) is 16.2 Å². The summed E-state index contributed by atoms with van der Waals surface area (Å²) in [5.41, 5.74) is 1.44. The van der Waals surface area contributed by atoms with Crippen LogP contribution in [0.15, 0.2) is 22.7 Å². The molecule has 0 bridgehead atoms. The molecule has 1 aromatic heterocycles. The van der Waals surface area contributed by atoms with Crippen molar-refractivity contribution >= 4 is 16.9 Å². The van der Waals surface area contributed by atoms with E-state index in [2.05, 4.69) is 5.16 Å². The summed E-state index contributed by atoms with van der Waals surface area (Å²) in [6, 6.07) is 5.35. The fraction of sp³-hybridized carbons (Fsp3) is 0.200. The van der Waals surface area contributed by atoms with E-state index in [0.717, 1.165) is 16.7 Å². The molecule has 0 aliphatic rings. The third-order valence-electron chi connectivity index (χ3n) is 2.08. The Morgan fingerprint density at radius 3 is 3.07 bits per heavy atom. The first-order valence-electron chi connectivity index (χ1n) is 4.23. The van der Waals surface area contributed by atoms with Crippen molar-refractivity contribution in [1.29, 1.82) is 0 Å². The molecule has 0 unspecified atom stereocenters. The number of carboxylic acid groups (broad SMARTS) is 1. The molecular weight excluding hydrogens is 182 g/mol. The summed E-state index contributed by atoms with van der Waals surface area (Å²) in [4.78, 5) is 10.5. The van der Waals surface area contributed by atoms with E-state index in [0.29, 0.717) is 5.52 Å². The topological polar surface area (TPSA) is 63.3 Å². The molecule has 0 fully saturated rings. The fourth-order valence-electron chi connectivity index (χ4n) is 1.40. The predicted octanol–water partition coefficient (Wildman–Crippen LogP) is 1.76. The van der Waals surface area contributed by atoms with Crippen molar-refractivity contribution in [2.45, 2.75) is 13.3 Å². The summed E-state index contributed by atoms with van der Waals surface area (Å²) < 4.78 is 4.98. The average Bonchev–Trinajstić information content (AvgIpc) is 2.46. The van der Waals surface area contributed by atoms with Crippen LogP contribution >= 0.6 is 0 Å². The third kappa shape index (κ3) is 1.46. The minimum Gasteiger partial charge on any atom is -0.481 e. The molecule has 4 heteroatoms. The van der Waals surface area contributed by atoms with Gasteiger partial charge in [-0.05, 0) is 24.6 Å². The molecule has 1 heterocycles. The highest BCUT2D eigenvalue weighted by Crippen LogP contribution is 2.18. The van der Waals surface area contributed by atoms with E-state index in [1.807, 2.05) is 13.0 Å². The van der Waals surface area contributed by atoms with Gasteiger partial charge in [-0.15, -0.1) is 0 Å². The van der Waals surface area contributed by atoms with E-state index >= 15 is 0 Å². The molecule has 2 aromatic rings. The highest BCUT2D eigenvalue weighted by atomic mass is 16.5. The molecule has 2 rings (SSSR count). The molecule has 0 aliphatic carbocycles. The Morgan fingerprint density at radius 2 is 2.36 bits per heavy atom. The third-order valence-corrected chi connectivity index (χ3v) is 2.08. The number of hydrogen-bond donors (Lipinski definition) is 1. The van der Waals surface area contributed by atoms with Crippen LogP contribution in [0.5, 0.6) is 0 Å². The second-order valence-electron chi connectivity index (χ2n) is 3.16. The highest BCUT2D eigenvalue weighted by Gasteiger charge is 2.06. The monoisotopic (exact) mass is 191 g/mol. The van der Waals surface area contributed by atoms with Crippen molar-refractivity contribution < 1.29 is 14.4 Å². The zero-order valence-corrected chi connectivity index (χ0v) is 7.65. The van der Waals surface area contributed by atoms with Gasteiger partial charge in [-0.2, -0.15) is 0 Å². The number of nitrogens with zero attached hydrogens (tertiary/aromatic N) is 1. The van der Waals surface area contributed by atoms with Crippen LogP contribution in [0.25, 0.3) is 10.9 Å². The first-order chi connectivity index (χ1) is 6.66. The number of aryl methyl sites for hydroxylation is 1. The highest BCUT2D eigenvalue weighted by molar-refractivity contribution is 5.82. The molecule has 0 aliphatic heterocycles. The Kier molecular flexibility index (Phi) is 1.96. The van der Waals surface area contributed by atoms with Crippen molar-refractivity contribution in [2.24, 2.45) is 0 Å². The second-order valence-corrected chi connectivity index (χ2v) is 3.16. The van der Waals surface area contributed by atoms with E-state index in [9.17, 15) is 4.79 Å². The van der Waals surface area contributed by atoms with Gasteiger partial charge in [-0.25, -0.2) is 0 Å². The van der Waals surface area contributed by atoms with Gasteiger partial charge in [0.1, 0.15) is 11.3 Å². The standard InChI is InChI=1S/C10H9NO3/c1-6-8-3-2-7(5-10(12)13)4-9(8)11-14-6/h2-4H,5H2,1H3,(H,12,13). The number of carboxylic acids is 1. The maximum absolute atomic E-state index is 10.5. The first-order valence-corrected chi connectivity index (χ1v) is 4.23. The van der Waals surface area contributed by atoms with Crippen LogP contribution in [0.2, 0.25) is 0 Å². The van der Waals surface area contributed by atoms with Gasteiger partial charge in [0.05, 0.1) is 6.42 Å². The summed E-state index contributed by atoms with van der Waals surface area (Å²) >= 11 is 0. The molecule has 0 saturated carbocycles. The molecule has 72 valence electrons. The van der Waals surface area contributed by atoms with Crippen molar-refractivity contribution in [3.63, 3.8) is 0 Å². The Bertz CT molecular complexity index is 487. The van der Waals surface area contributed by atoms with Gasteiger partial charge in [-0.3, -0.25) is 4.79 Å². The van der Waals surface area contributed by atoms with Crippen LogP contribution in [0.1, 0.15) is 11.3 Å². The Morgan fingerprint density at radius 1 is 1.57 bits per heavy atom. The van der Waals surface area contributed by atoms with Gasteiger partial charge < -0.3 is 9.63 Å². The minimum absolute atomic E-state index is 0.0157. The molecule has 1 aromatic carbocycles. The minimum atomic E-state index is -0.843. The summed E-state index contributed by atoms with van der Waals surface area (Å²) in [6.07, 6.45) is 0.0157. The lowest BCUT2D eigenvalue weighted by Crippen LogP contribution is -1.99. The van der Waals surface area contributed by atoms with Gasteiger partial charge in [0.15, 0.2) is 0 Å². The Hall–Kier alpha value is -1.84. The zero-order chi connectivity index (χ0) is 10.1. The zero-order valence-electron chi connectivity index (χ0n) is 7.65. The van der Waals surface area contributed by atoms with Crippen molar-refractivity contribution in [2.75, 3.05) is 0 Å². The first kappa shape index (κ1) is 8.74. The number of aliphatic carboxylic acids is 1. The van der Waals surface area contributed by atoms with Crippen LogP contribution in [0.3, 0.4) is 0 Å². The van der Waals surface area contributed by atoms with Gasteiger partial charge in [0, 0.05) is 5.39 Å². The summed E-state index contributed by atoms with van der Waals surface area (Å²) in [6.45, 7) is 1.83. The molecule has 14 heavy (non-hydrogen) atoms. The molecule has 0 spiro atoms. The van der Waals surface area contributed by atoms with E-state index in [1.165, 1.54) is 0 Å². The molecule has 0 atom stereocenters. The number of fused-ring (bicyclic) bond motifs is 1. The number of rotatable bonds is 2. The van der Waals surface area contributed by atoms with Crippen LogP contribution in [-0.2, 0) is 11.2 Å². The van der Waals surface area contributed by atoms with Crippen molar-refractivity contribution in [3.8, 4) is 0 Å². The lowest BCUT2D eigenvalue weighted by Gasteiger charge is -1.95. The average molecular weight is 191 g/mol. The van der Waals surface area contributed by atoms with Crippen molar-refractivity contribution in [3.05, 3.63) is 29.5 Å². The Balaban J connectivity index is 2.46. The smallest absolute Gasteiger partial charge is 0.307 e. The quantitative estimate of drug-likeness (QED) is 0.785. The summed E-state index contributed by atoms with van der Waals surface area (Å²) in [5.74, 6) is -0.0913. The van der Waals surface area contributed by atoms with Gasteiger partial charge in [0.25, 0.3) is 0 Å². The van der Waals surface area contributed by atoms with Crippen molar-refractivity contribution in [1.82, 2.24) is 5.16 Å². The van der Waals surface area contributed by atoms with E-state index in [4.69, 9.17) is 9.63 Å². The molecule has 0 radical (unpaired) electrons. The predicted molar refractivity (Wildman–Crippen MR) is 50.1 cm³/mol. The fourth-order valence-corrected chi connectivity index (χ4v) is 1.40. The van der Waals surface area contributed by atoms with Crippen LogP contribution < -0.4 is 0 Å². The van der Waals surface area contributed by atoms with E-state index in [1.54, 1.807) is 12.1 Å². The summed E-state index contributed by atoms with van der Waals surface area (Å²) in [5, 5.41) is 13.3. The molecular formula is C10H9NO3. The van der Waals surface area contributed by atoms with Gasteiger partial charge in [-0.1, -0.05) is 11.2 Å². The van der Waals surface area contributed by atoms with Crippen LogP contribution in [0.4, 0.5) is 0 Å². The maximum Gasteiger partial charge on any atom is 0.307 e. The second kappa shape index (κ2) is 3.14. The number of benzene rings is 1. The van der Waals surface area contributed by atoms with Gasteiger partial charge >= 0.3 is 5.97 Å².